The van der Waals surface area contributed by atoms with E-state index in [1.165, 1.54) is 20.2 Å². The van der Waals surface area contributed by atoms with Gasteiger partial charge in [-0.25, -0.2) is 4.98 Å². The first-order valence-corrected chi connectivity index (χ1v) is 18.9. The highest BCUT2D eigenvalue weighted by atomic mass is 32.1. The maximum atomic E-state index is 15.1. The Labute approximate surface area is 289 Å². The summed E-state index contributed by atoms with van der Waals surface area (Å²) in [5.74, 6) is 0. The van der Waals surface area contributed by atoms with Crippen molar-refractivity contribution in [2.24, 2.45) is 0 Å². The van der Waals surface area contributed by atoms with Crippen molar-refractivity contribution < 1.29 is 4.57 Å². The van der Waals surface area contributed by atoms with Gasteiger partial charge in [-0.05, 0) is 52.6 Å². The molecule has 232 valence electrons. The lowest BCUT2D eigenvalue weighted by Gasteiger charge is -2.20. The second kappa shape index (κ2) is 12.1. The van der Waals surface area contributed by atoms with Gasteiger partial charge in [0.05, 0.1) is 15.9 Å². The Hall–Kier alpha value is -5.60. The summed E-state index contributed by atoms with van der Waals surface area (Å²) in [4.78, 5) is 5.24. The highest BCUT2D eigenvalue weighted by Crippen LogP contribution is 2.45. The molecule has 0 amide bonds. The van der Waals surface area contributed by atoms with Gasteiger partial charge in [-0.15, -0.1) is 11.3 Å². The van der Waals surface area contributed by atoms with Gasteiger partial charge >= 0.3 is 0 Å². The van der Waals surface area contributed by atoms with E-state index in [0.717, 1.165) is 60.3 Å². The lowest BCUT2D eigenvalue weighted by atomic mass is 9.96. The number of thiophene rings is 1. The third-order valence-electron chi connectivity index (χ3n) is 9.33. The van der Waals surface area contributed by atoms with Gasteiger partial charge < -0.3 is 4.57 Å². The molecule has 0 fully saturated rings. The second-order valence-corrected chi connectivity index (χ2v) is 16.1. The van der Waals surface area contributed by atoms with Crippen molar-refractivity contribution >= 4 is 65.5 Å². The van der Waals surface area contributed by atoms with Crippen LogP contribution in [0.1, 0.15) is 0 Å². The Morgan fingerprint density at radius 3 is 1.65 bits per heavy atom. The van der Waals surface area contributed by atoms with E-state index in [1.807, 2.05) is 84.1 Å². The molecule has 49 heavy (non-hydrogen) atoms. The molecule has 0 saturated carbocycles. The monoisotopic (exact) mass is 663 g/mol. The summed E-state index contributed by atoms with van der Waals surface area (Å²) in [5.41, 5.74) is 7.52. The van der Waals surface area contributed by atoms with Gasteiger partial charge in [0.25, 0.3) is 0 Å². The van der Waals surface area contributed by atoms with Crippen LogP contribution in [0, 0.1) is 0 Å². The summed E-state index contributed by atoms with van der Waals surface area (Å²) in [6.07, 6.45) is 0. The summed E-state index contributed by atoms with van der Waals surface area (Å²) >= 11 is 1.81. The molecule has 2 nitrogen and oxygen atoms in total. The van der Waals surface area contributed by atoms with E-state index in [-0.39, 0.29) is 0 Å². The molecule has 0 bridgehead atoms. The molecule has 2 heterocycles. The van der Waals surface area contributed by atoms with Crippen LogP contribution in [0.2, 0.25) is 0 Å². The van der Waals surface area contributed by atoms with E-state index < -0.39 is 7.14 Å². The average Bonchev–Trinajstić information content (AvgIpc) is 3.58. The number of fused-ring (bicyclic) bond motifs is 5. The molecule has 7 aromatic carbocycles. The first-order valence-electron chi connectivity index (χ1n) is 16.4. The SMILES string of the molecule is O=P(c1ccccc1)(c1ccccc1)c1cccc(-c2cccc(-c3ccc4nc(-c5ccccc5)c5sc6ccccc6c5c4c3)c2)c1. The zero-order valence-electron chi connectivity index (χ0n) is 26.5. The van der Waals surface area contributed by atoms with Gasteiger partial charge in [0.1, 0.15) is 0 Å². The molecule has 0 aliphatic heterocycles. The van der Waals surface area contributed by atoms with E-state index >= 15 is 4.57 Å². The van der Waals surface area contributed by atoms with Crippen LogP contribution in [0.5, 0.6) is 0 Å². The van der Waals surface area contributed by atoms with Crippen LogP contribution in [0.25, 0.3) is 64.6 Å². The Kier molecular flexibility index (Phi) is 7.31. The van der Waals surface area contributed by atoms with Crippen LogP contribution in [0.15, 0.2) is 182 Å². The number of hydrogen-bond donors (Lipinski definition) is 0. The van der Waals surface area contributed by atoms with Crippen LogP contribution < -0.4 is 15.9 Å². The van der Waals surface area contributed by atoms with Gasteiger partial charge in [-0.1, -0.05) is 152 Å². The molecule has 0 spiro atoms. The number of nitrogens with zero attached hydrogens (tertiary/aromatic N) is 1. The summed E-state index contributed by atoms with van der Waals surface area (Å²) < 4.78 is 17.6. The fraction of sp³-hybridized carbons (Fsp3) is 0. The molecule has 2 aromatic heterocycles. The number of rotatable bonds is 6. The molecule has 0 radical (unpaired) electrons. The molecule has 0 atom stereocenters. The topological polar surface area (TPSA) is 30.0 Å². The van der Waals surface area contributed by atoms with Crippen molar-refractivity contribution in [2.45, 2.75) is 0 Å². The van der Waals surface area contributed by atoms with Crippen molar-refractivity contribution in [3.05, 3.63) is 182 Å². The number of pyridine rings is 1. The summed E-state index contributed by atoms with van der Waals surface area (Å²) in [6.45, 7) is 0. The van der Waals surface area contributed by atoms with Crippen molar-refractivity contribution in [3.63, 3.8) is 0 Å². The second-order valence-electron chi connectivity index (χ2n) is 12.3. The van der Waals surface area contributed by atoms with Gasteiger partial charge in [0.15, 0.2) is 7.14 Å². The maximum absolute atomic E-state index is 15.1. The average molecular weight is 664 g/mol. The van der Waals surface area contributed by atoms with Crippen molar-refractivity contribution in [1.82, 2.24) is 4.98 Å². The minimum absolute atomic E-state index is 0.825. The molecule has 0 aliphatic carbocycles. The fourth-order valence-corrected chi connectivity index (χ4v) is 10.9. The first kappa shape index (κ1) is 29.5. The molecule has 0 saturated heterocycles. The summed E-state index contributed by atoms with van der Waals surface area (Å²) in [7, 11) is -3.09. The number of hydrogen-bond acceptors (Lipinski definition) is 3. The van der Waals surface area contributed by atoms with Crippen LogP contribution in [-0.4, -0.2) is 4.98 Å². The fourth-order valence-electron chi connectivity index (χ4n) is 6.94. The minimum atomic E-state index is -3.09. The van der Waals surface area contributed by atoms with Gasteiger partial charge in [0, 0.05) is 42.3 Å². The zero-order chi connectivity index (χ0) is 32.8. The summed E-state index contributed by atoms with van der Waals surface area (Å²) in [5, 5.41) is 6.16. The quantitative estimate of drug-likeness (QED) is 0.166. The maximum Gasteiger partial charge on any atom is 0.171 e. The highest BCUT2D eigenvalue weighted by Gasteiger charge is 2.29. The van der Waals surface area contributed by atoms with Crippen molar-refractivity contribution in [3.8, 4) is 33.5 Å². The van der Waals surface area contributed by atoms with Gasteiger partial charge in [-0.2, -0.15) is 0 Å². The van der Waals surface area contributed by atoms with Crippen molar-refractivity contribution in [2.75, 3.05) is 0 Å². The Morgan fingerprint density at radius 1 is 0.429 bits per heavy atom. The normalized spacial score (nSPS) is 11.8. The van der Waals surface area contributed by atoms with E-state index in [0.29, 0.717) is 0 Å². The lowest BCUT2D eigenvalue weighted by Crippen LogP contribution is -2.25. The Bertz CT molecular complexity index is 2640. The third-order valence-corrected chi connectivity index (χ3v) is 13.6. The number of aromatic nitrogens is 1. The smallest absolute Gasteiger partial charge is 0.171 e. The molecular weight excluding hydrogens is 634 g/mol. The molecule has 9 aromatic rings. The predicted molar refractivity (Wildman–Crippen MR) is 210 cm³/mol. The largest absolute Gasteiger partial charge is 0.309 e. The molecular formula is C45H30NOPS. The predicted octanol–water partition coefficient (Wildman–Crippen LogP) is 11.2. The highest BCUT2D eigenvalue weighted by molar-refractivity contribution is 7.85. The molecule has 0 aliphatic rings. The van der Waals surface area contributed by atoms with Crippen LogP contribution in [0.3, 0.4) is 0 Å². The zero-order valence-corrected chi connectivity index (χ0v) is 28.2. The van der Waals surface area contributed by atoms with E-state index in [9.17, 15) is 0 Å². The molecule has 0 unspecified atom stereocenters. The molecule has 4 heteroatoms. The van der Waals surface area contributed by atoms with Crippen LogP contribution in [0.4, 0.5) is 0 Å². The Morgan fingerprint density at radius 2 is 0.959 bits per heavy atom. The molecule has 9 rings (SSSR count). The molecule has 0 N–H and O–H groups in total. The van der Waals surface area contributed by atoms with E-state index in [4.69, 9.17) is 4.98 Å². The summed E-state index contributed by atoms with van der Waals surface area (Å²) in [6, 6.07) is 62.4. The first-order chi connectivity index (χ1) is 24.2. The Balaban J connectivity index is 1.18. The standard InChI is InChI=1S/C45H30NOPS/c47-48(36-19-6-2-7-20-36,37-21-8-3-9-22-37)38-23-13-18-34(29-38)32-16-12-17-33(28-32)35-26-27-41-40(30-35)43-39-24-10-11-25-42(39)49-45(43)44(46-41)31-14-4-1-5-15-31/h1-30H. The van der Waals surface area contributed by atoms with Gasteiger partial charge in [0.2, 0.25) is 0 Å². The third kappa shape index (κ3) is 5.11. The van der Waals surface area contributed by atoms with E-state index in [1.54, 1.807) is 0 Å². The van der Waals surface area contributed by atoms with Crippen molar-refractivity contribution in [1.29, 1.82) is 0 Å². The lowest BCUT2D eigenvalue weighted by molar-refractivity contribution is 0.592. The van der Waals surface area contributed by atoms with E-state index in [2.05, 4.69) is 109 Å². The number of benzene rings is 7. The van der Waals surface area contributed by atoms with Crippen LogP contribution >= 0.6 is 18.5 Å². The van der Waals surface area contributed by atoms with Gasteiger partial charge in [-0.3, -0.25) is 0 Å². The van der Waals surface area contributed by atoms with Crippen LogP contribution in [-0.2, 0) is 4.57 Å². The minimum Gasteiger partial charge on any atom is -0.309 e.